The van der Waals surface area contributed by atoms with Gasteiger partial charge in [-0.3, -0.25) is 4.90 Å². The van der Waals surface area contributed by atoms with E-state index in [9.17, 15) is 0 Å². The average Bonchev–Trinajstić information content (AvgIpc) is 2.25. The van der Waals surface area contributed by atoms with Crippen molar-refractivity contribution in [2.45, 2.75) is 53.1 Å². The highest BCUT2D eigenvalue weighted by Gasteiger charge is 2.23. The van der Waals surface area contributed by atoms with E-state index in [1.54, 1.807) is 5.56 Å². The van der Waals surface area contributed by atoms with E-state index in [2.05, 4.69) is 56.9 Å². The quantitative estimate of drug-likeness (QED) is 0.747. The van der Waals surface area contributed by atoms with Crippen LogP contribution in [0.2, 0.25) is 0 Å². The molecule has 0 bridgehead atoms. The number of hydrogen-bond donors (Lipinski definition) is 0. The van der Waals surface area contributed by atoms with Gasteiger partial charge in [0.15, 0.2) is 0 Å². The van der Waals surface area contributed by atoms with Crippen LogP contribution in [-0.4, -0.2) is 17.5 Å². The summed E-state index contributed by atoms with van der Waals surface area (Å²) in [5.74, 6) is 0. The third kappa shape index (κ3) is 3.32. The fourth-order valence-electron chi connectivity index (χ4n) is 2.51. The summed E-state index contributed by atoms with van der Waals surface area (Å²) in [6, 6.07) is 9.58. The molecule has 0 aliphatic carbocycles. The Kier molecular flexibility index (Phi) is 3.58. The van der Waals surface area contributed by atoms with E-state index >= 15 is 0 Å². The van der Waals surface area contributed by atoms with Crippen LogP contribution in [-0.2, 0) is 13.0 Å². The van der Waals surface area contributed by atoms with Crippen LogP contribution in [0, 0.1) is 5.41 Å². The lowest BCUT2D eigenvalue weighted by Crippen LogP contribution is -2.39. The highest BCUT2D eigenvalue weighted by atomic mass is 15.2. The molecular weight excluding hydrogens is 206 g/mol. The molecule has 1 heterocycles. The van der Waals surface area contributed by atoms with Crippen molar-refractivity contribution < 1.29 is 0 Å². The van der Waals surface area contributed by atoms with E-state index in [0.717, 1.165) is 6.54 Å². The van der Waals surface area contributed by atoms with Gasteiger partial charge in [-0.2, -0.15) is 0 Å². The van der Waals surface area contributed by atoms with Gasteiger partial charge < -0.3 is 0 Å². The lowest BCUT2D eigenvalue weighted by atomic mass is 9.90. The van der Waals surface area contributed by atoms with Gasteiger partial charge in [0, 0.05) is 12.6 Å². The Labute approximate surface area is 106 Å². The second-order valence-corrected chi connectivity index (χ2v) is 6.60. The molecular formula is C16H25N. The Bertz CT molecular complexity index is 375. The molecule has 17 heavy (non-hydrogen) atoms. The number of benzene rings is 1. The molecule has 1 aromatic rings. The largest absolute Gasteiger partial charge is 0.296 e. The summed E-state index contributed by atoms with van der Waals surface area (Å²) >= 11 is 0. The summed E-state index contributed by atoms with van der Waals surface area (Å²) in [5, 5.41) is 0. The third-order valence-corrected chi connectivity index (χ3v) is 3.78. The standard InChI is InChI=1S/C16H25N/c1-13-11-14-7-5-6-8-15(14)12-17(13)10-9-16(2,3)4/h5-8,13H,9-12H2,1-4H3. The molecule has 1 aromatic carbocycles. The van der Waals surface area contributed by atoms with E-state index < -0.39 is 0 Å². The predicted molar refractivity (Wildman–Crippen MR) is 74.1 cm³/mol. The van der Waals surface area contributed by atoms with Crippen molar-refractivity contribution in [3.8, 4) is 0 Å². The fourth-order valence-corrected chi connectivity index (χ4v) is 2.51. The van der Waals surface area contributed by atoms with E-state index in [-0.39, 0.29) is 0 Å². The lowest BCUT2D eigenvalue weighted by Gasteiger charge is -2.36. The number of hydrogen-bond acceptors (Lipinski definition) is 1. The zero-order chi connectivity index (χ0) is 12.5. The van der Waals surface area contributed by atoms with Gasteiger partial charge in [-0.1, -0.05) is 45.0 Å². The minimum atomic E-state index is 0.441. The Balaban J connectivity index is 2.02. The van der Waals surface area contributed by atoms with Crippen molar-refractivity contribution in [2.75, 3.05) is 6.54 Å². The monoisotopic (exact) mass is 231 g/mol. The van der Waals surface area contributed by atoms with E-state index in [4.69, 9.17) is 0 Å². The first-order valence-electron chi connectivity index (χ1n) is 6.76. The zero-order valence-corrected chi connectivity index (χ0v) is 11.7. The van der Waals surface area contributed by atoms with Gasteiger partial charge in [-0.25, -0.2) is 0 Å². The SMILES string of the molecule is CC1Cc2ccccc2CN1CCC(C)(C)C. The number of nitrogens with zero attached hydrogens (tertiary/aromatic N) is 1. The highest BCUT2D eigenvalue weighted by Crippen LogP contribution is 2.26. The summed E-state index contributed by atoms with van der Waals surface area (Å²) in [6.07, 6.45) is 2.49. The first-order valence-corrected chi connectivity index (χ1v) is 6.76. The second kappa shape index (κ2) is 4.81. The maximum absolute atomic E-state index is 2.63. The van der Waals surface area contributed by atoms with Gasteiger partial charge in [0.05, 0.1) is 0 Å². The minimum Gasteiger partial charge on any atom is -0.296 e. The molecule has 0 amide bonds. The summed E-state index contributed by atoms with van der Waals surface area (Å²) < 4.78 is 0. The van der Waals surface area contributed by atoms with Crippen molar-refractivity contribution in [1.82, 2.24) is 4.90 Å². The summed E-state index contributed by atoms with van der Waals surface area (Å²) in [4.78, 5) is 2.63. The van der Waals surface area contributed by atoms with Gasteiger partial charge in [-0.15, -0.1) is 0 Å². The molecule has 1 unspecified atom stereocenters. The van der Waals surface area contributed by atoms with E-state index in [1.807, 2.05) is 0 Å². The molecule has 1 aliphatic rings. The normalized spacial score (nSPS) is 21.3. The van der Waals surface area contributed by atoms with E-state index in [1.165, 1.54) is 24.9 Å². The van der Waals surface area contributed by atoms with Crippen LogP contribution < -0.4 is 0 Å². The van der Waals surface area contributed by atoms with Gasteiger partial charge in [0.1, 0.15) is 0 Å². The maximum Gasteiger partial charge on any atom is 0.0239 e. The Morgan fingerprint density at radius 1 is 1.18 bits per heavy atom. The fraction of sp³-hybridized carbons (Fsp3) is 0.625. The molecule has 1 atom stereocenters. The molecule has 0 aromatic heterocycles. The van der Waals surface area contributed by atoms with Crippen molar-refractivity contribution in [2.24, 2.45) is 5.41 Å². The van der Waals surface area contributed by atoms with Crippen molar-refractivity contribution in [3.05, 3.63) is 35.4 Å². The molecule has 1 aliphatic heterocycles. The predicted octanol–water partition coefficient (Wildman–Crippen LogP) is 3.87. The number of rotatable bonds is 2. The van der Waals surface area contributed by atoms with Crippen LogP contribution in [0.5, 0.6) is 0 Å². The number of fused-ring (bicyclic) bond motifs is 1. The zero-order valence-electron chi connectivity index (χ0n) is 11.7. The van der Waals surface area contributed by atoms with Crippen molar-refractivity contribution in [1.29, 1.82) is 0 Å². The third-order valence-electron chi connectivity index (χ3n) is 3.78. The Hall–Kier alpha value is -0.820. The Morgan fingerprint density at radius 2 is 1.82 bits per heavy atom. The summed E-state index contributed by atoms with van der Waals surface area (Å²) in [5.41, 5.74) is 3.52. The molecule has 0 fully saturated rings. The molecule has 94 valence electrons. The van der Waals surface area contributed by atoms with Crippen molar-refractivity contribution in [3.63, 3.8) is 0 Å². The molecule has 0 saturated carbocycles. The van der Waals surface area contributed by atoms with Crippen LogP contribution in [0.3, 0.4) is 0 Å². The first kappa shape index (κ1) is 12.6. The summed E-state index contributed by atoms with van der Waals surface area (Å²) in [7, 11) is 0. The van der Waals surface area contributed by atoms with Crippen LogP contribution in [0.1, 0.15) is 45.2 Å². The molecule has 0 spiro atoms. The topological polar surface area (TPSA) is 3.24 Å². The van der Waals surface area contributed by atoms with Crippen LogP contribution in [0.4, 0.5) is 0 Å². The molecule has 0 radical (unpaired) electrons. The summed E-state index contributed by atoms with van der Waals surface area (Å²) in [6.45, 7) is 11.7. The van der Waals surface area contributed by atoms with Crippen LogP contribution in [0.15, 0.2) is 24.3 Å². The lowest BCUT2D eigenvalue weighted by molar-refractivity contribution is 0.159. The van der Waals surface area contributed by atoms with Gasteiger partial charge in [-0.05, 0) is 42.9 Å². The molecule has 0 N–H and O–H groups in total. The molecule has 1 heteroatoms. The Morgan fingerprint density at radius 3 is 2.47 bits per heavy atom. The maximum atomic E-state index is 2.63. The molecule has 2 rings (SSSR count). The molecule has 1 nitrogen and oxygen atoms in total. The smallest absolute Gasteiger partial charge is 0.0239 e. The minimum absolute atomic E-state index is 0.441. The average molecular weight is 231 g/mol. The van der Waals surface area contributed by atoms with Gasteiger partial charge in [0.25, 0.3) is 0 Å². The van der Waals surface area contributed by atoms with Crippen molar-refractivity contribution >= 4 is 0 Å². The van der Waals surface area contributed by atoms with Crippen LogP contribution in [0.25, 0.3) is 0 Å². The van der Waals surface area contributed by atoms with E-state index in [0.29, 0.717) is 11.5 Å². The molecule has 0 saturated heterocycles. The van der Waals surface area contributed by atoms with Gasteiger partial charge in [0.2, 0.25) is 0 Å². The first-order chi connectivity index (χ1) is 7.96. The second-order valence-electron chi connectivity index (χ2n) is 6.60. The van der Waals surface area contributed by atoms with Gasteiger partial charge >= 0.3 is 0 Å². The highest BCUT2D eigenvalue weighted by molar-refractivity contribution is 5.29. The van der Waals surface area contributed by atoms with Crippen LogP contribution >= 0.6 is 0 Å².